The Morgan fingerprint density at radius 1 is 0.393 bits per heavy atom. The minimum Gasteiger partial charge on any atom is -0.462 e. The van der Waals surface area contributed by atoms with Crippen LogP contribution in [0.4, 0.5) is 0 Å². The second-order valence-corrected chi connectivity index (χ2v) is 14.6. The molecule has 318 valence electrons. The molecule has 0 saturated heterocycles. The summed E-state index contributed by atoms with van der Waals surface area (Å²) in [5.74, 6) is -1.07. The molecule has 0 N–H and O–H groups in total. The minimum atomic E-state index is -0.819. The molecule has 0 aromatic rings. The fourth-order valence-corrected chi connectivity index (χ4v) is 5.79. The molecule has 0 radical (unpaired) electrons. The highest BCUT2D eigenvalue weighted by Crippen LogP contribution is 2.13. The van der Waals surface area contributed by atoms with Crippen LogP contribution >= 0.6 is 0 Å². The minimum absolute atomic E-state index is 0.112. The molecule has 0 aliphatic rings. The van der Waals surface area contributed by atoms with Crippen LogP contribution in [0.3, 0.4) is 0 Å². The van der Waals surface area contributed by atoms with Gasteiger partial charge in [0, 0.05) is 12.8 Å². The lowest BCUT2D eigenvalue weighted by Crippen LogP contribution is -2.30. The second kappa shape index (κ2) is 44.3. The zero-order valence-corrected chi connectivity index (χ0v) is 36.1. The summed E-state index contributed by atoms with van der Waals surface area (Å²) >= 11 is 0. The van der Waals surface area contributed by atoms with Gasteiger partial charge in [-0.1, -0.05) is 189 Å². The molecule has 0 rings (SSSR count). The first kappa shape index (κ1) is 52.6. The van der Waals surface area contributed by atoms with Crippen molar-refractivity contribution < 1.29 is 28.6 Å². The zero-order valence-electron chi connectivity index (χ0n) is 36.1. The van der Waals surface area contributed by atoms with Crippen LogP contribution in [0.1, 0.15) is 194 Å². The van der Waals surface area contributed by atoms with E-state index >= 15 is 0 Å². The van der Waals surface area contributed by atoms with E-state index in [0.717, 1.165) is 103 Å². The maximum atomic E-state index is 12.7. The van der Waals surface area contributed by atoms with Gasteiger partial charge in [0.25, 0.3) is 0 Å². The number of carbonyl (C=O) groups is 3. The molecule has 0 bridgehead atoms. The van der Waals surface area contributed by atoms with Crippen molar-refractivity contribution >= 4 is 17.9 Å². The molecule has 0 amide bonds. The molecule has 0 fully saturated rings. The summed E-state index contributed by atoms with van der Waals surface area (Å²) in [4.78, 5) is 37.6. The monoisotopic (exact) mass is 779 g/mol. The van der Waals surface area contributed by atoms with E-state index in [1.807, 2.05) is 6.08 Å². The Morgan fingerprint density at radius 3 is 1.32 bits per heavy atom. The first-order valence-corrected chi connectivity index (χ1v) is 22.6. The molecule has 56 heavy (non-hydrogen) atoms. The Hall–Kier alpha value is -3.41. The third kappa shape index (κ3) is 41.7. The van der Waals surface area contributed by atoms with Crippen molar-refractivity contribution in [1.29, 1.82) is 0 Å². The molecular weight excluding hydrogens is 697 g/mol. The molecule has 1 atom stereocenters. The van der Waals surface area contributed by atoms with Gasteiger partial charge in [-0.05, 0) is 70.6 Å². The van der Waals surface area contributed by atoms with Gasteiger partial charge in [0.05, 0.1) is 6.42 Å². The summed E-state index contributed by atoms with van der Waals surface area (Å²) in [6, 6.07) is 0. The number of unbranched alkanes of at least 4 members (excludes halogenated alkanes) is 15. The number of hydrogen-bond acceptors (Lipinski definition) is 6. The van der Waals surface area contributed by atoms with Gasteiger partial charge in [0.1, 0.15) is 13.2 Å². The van der Waals surface area contributed by atoms with Gasteiger partial charge in [0.15, 0.2) is 6.10 Å². The molecule has 0 aliphatic heterocycles. The van der Waals surface area contributed by atoms with Crippen LogP contribution in [0, 0.1) is 0 Å². The predicted octanol–water partition coefficient (Wildman–Crippen LogP) is 14.5. The summed E-state index contributed by atoms with van der Waals surface area (Å²) < 4.78 is 16.6. The molecule has 0 aromatic heterocycles. The number of rotatable bonds is 39. The van der Waals surface area contributed by atoms with E-state index in [0.29, 0.717) is 12.8 Å². The normalized spacial score (nSPS) is 12.8. The van der Waals surface area contributed by atoms with E-state index in [-0.39, 0.29) is 31.6 Å². The van der Waals surface area contributed by atoms with Gasteiger partial charge >= 0.3 is 17.9 Å². The molecule has 0 saturated carbocycles. The standard InChI is InChI=1S/C50H82O6/c1-4-7-10-13-16-19-22-24-25-27-28-31-34-37-40-43-49(52)55-46-47(45-54-48(51)42-39-36-33-30-21-18-15-12-9-6-3)56-50(53)44-41-38-35-32-29-26-23-20-17-14-11-8-5-2/h7,10-11,14,16,19-20,23-25,28,31,37,40,47H,4-6,8-9,12-13,15,17-18,21-22,26-27,29-30,32-36,38-39,41-46H2,1-3H3/b10-7-,14-11-,19-16-,23-20-,25-24-,31-28-,40-37-. The molecule has 6 nitrogen and oxygen atoms in total. The van der Waals surface area contributed by atoms with Crippen LogP contribution in [0.25, 0.3) is 0 Å². The quantitative estimate of drug-likeness (QED) is 0.0268. The summed E-state index contributed by atoms with van der Waals surface area (Å²) in [5, 5.41) is 0. The topological polar surface area (TPSA) is 78.9 Å². The predicted molar refractivity (Wildman–Crippen MR) is 237 cm³/mol. The van der Waals surface area contributed by atoms with Crippen LogP contribution in [0.15, 0.2) is 85.1 Å². The van der Waals surface area contributed by atoms with E-state index < -0.39 is 12.1 Å². The van der Waals surface area contributed by atoms with Crippen LogP contribution in [-0.4, -0.2) is 37.2 Å². The fraction of sp³-hybridized carbons (Fsp3) is 0.660. The van der Waals surface area contributed by atoms with Crippen LogP contribution in [0.5, 0.6) is 0 Å². The fourth-order valence-electron chi connectivity index (χ4n) is 5.79. The summed E-state index contributed by atoms with van der Waals surface area (Å²) in [5.41, 5.74) is 0. The van der Waals surface area contributed by atoms with Gasteiger partial charge in [-0.3, -0.25) is 14.4 Å². The molecule has 0 heterocycles. The van der Waals surface area contributed by atoms with Crippen LogP contribution < -0.4 is 0 Å². The Morgan fingerprint density at radius 2 is 0.804 bits per heavy atom. The van der Waals surface area contributed by atoms with Gasteiger partial charge in [-0.15, -0.1) is 0 Å². The number of allylic oxidation sites excluding steroid dienone is 13. The van der Waals surface area contributed by atoms with E-state index in [2.05, 4.69) is 93.7 Å². The van der Waals surface area contributed by atoms with Crippen molar-refractivity contribution in [2.75, 3.05) is 13.2 Å². The van der Waals surface area contributed by atoms with Crippen molar-refractivity contribution in [2.24, 2.45) is 0 Å². The molecule has 0 aromatic carbocycles. The number of carbonyl (C=O) groups excluding carboxylic acids is 3. The zero-order chi connectivity index (χ0) is 40.8. The summed E-state index contributed by atoms with van der Waals surface area (Å²) in [6.07, 6.45) is 55.9. The molecule has 6 heteroatoms. The largest absolute Gasteiger partial charge is 0.462 e. The Kier molecular flexibility index (Phi) is 41.6. The smallest absolute Gasteiger partial charge is 0.309 e. The Bertz CT molecular complexity index is 1120. The highest BCUT2D eigenvalue weighted by molar-refractivity contribution is 5.72. The van der Waals surface area contributed by atoms with Crippen LogP contribution in [-0.2, 0) is 28.6 Å². The van der Waals surface area contributed by atoms with Crippen LogP contribution in [0.2, 0.25) is 0 Å². The second-order valence-electron chi connectivity index (χ2n) is 14.6. The average molecular weight is 779 g/mol. The molecular formula is C50H82O6. The lowest BCUT2D eigenvalue weighted by atomic mass is 10.1. The van der Waals surface area contributed by atoms with Gasteiger partial charge in [-0.25, -0.2) is 0 Å². The summed E-state index contributed by atoms with van der Waals surface area (Å²) in [7, 11) is 0. The lowest BCUT2D eigenvalue weighted by Gasteiger charge is -2.18. The van der Waals surface area contributed by atoms with E-state index in [1.54, 1.807) is 6.08 Å². The lowest BCUT2D eigenvalue weighted by molar-refractivity contribution is -0.166. The van der Waals surface area contributed by atoms with Crippen molar-refractivity contribution in [3.8, 4) is 0 Å². The molecule has 0 aliphatic carbocycles. The number of ether oxygens (including phenoxy) is 3. The summed E-state index contributed by atoms with van der Waals surface area (Å²) in [6.45, 7) is 6.32. The first-order valence-electron chi connectivity index (χ1n) is 22.6. The third-order valence-corrected chi connectivity index (χ3v) is 9.15. The van der Waals surface area contributed by atoms with E-state index in [1.165, 1.54) is 51.4 Å². The Balaban J connectivity index is 4.54. The number of esters is 3. The average Bonchev–Trinajstić information content (AvgIpc) is 3.19. The SMILES string of the molecule is CC/C=C\C/C=C\C/C=C\C/C=C\C/C=C\CC(=O)OCC(COC(=O)CCCCCCCCCCCC)OC(=O)CCCCCCC/C=C\C/C=C\CCC. The van der Waals surface area contributed by atoms with Crippen molar-refractivity contribution in [3.05, 3.63) is 85.1 Å². The first-order chi connectivity index (χ1) is 27.5. The maximum absolute atomic E-state index is 12.7. The van der Waals surface area contributed by atoms with Crippen molar-refractivity contribution in [2.45, 2.75) is 200 Å². The molecule has 0 spiro atoms. The van der Waals surface area contributed by atoms with E-state index in [4.69, 9.17) is 14.2 Å². The highest BCUT2D eigenvalue weighted by atomic mass is 16.6. The van der Waals surface area contributed by atoms with Gasteiger partial charge in [-0.2, -0.15) is 0 Å². The Labute approximate surface area is 344 Å². The third-order valence-electron chi connectivity index (χ3n) is 9.15. The highest BCUT2D eigenvalue weighted by Gasteiger charge is 2.19. The van der Waals surface area contributed by atoms with Gasteiger partial charge < -0.3 is 14.2 Å². The maximum Gasteiger partial charge on any atom is 0.309 e. The number of hydrogen-bond donors (Lipinski definition) is 0. The van der Waals surface area contributed by atoms with Gasteiger partial charge in [0.2, 0.25) is 0 Å². The molecule has 1 unspecified atom stereocenters. The van der Waals surface area contributed by atoms with Crippen molar-refractivity contribution in [3.63, 3.8) is 0 Å². The van der Waals surface area contributed by atoms with E-state index in [9.17, 15) is 14.4 Å². The van der Waals surface area contributed by atoms with Crippen molar-refractivity contribution in [1.82, 2.24) is 0 Å².